The van der Waals surface area contributed by atoms with Crippen LogP contribution in [0.4, 0.5) is 5.69 Å². The molecule has 0 bridgehead atoms. The van der Waals surface area contributed by atoms with Crippen LogP contribution in [0.25, 0.3) is 0 Å². The van der Waals surface area contributed by atoms with Gasteiger partial charge in [0.25, 0.3) is 0 Å². The molecule has 1 amide bonds. The van der Waals surface area contributed by atoms with Crippen LogP contribution in [0.15, 0.2) is 30.6 Å². The standard InChI is InChI=1S/C13H14Cl2N4O/c1-8(11-4-9(14)2-3-12(11)15)18-10-5-17-19(6-10)7-13(16)20/h2-6,8,18H,7H2,1H3,(H2,16,20). The first-order chi connectivity index (χ1) is 9.45. The van der Waals surface area contributed by atoms with E-state index in [2.05, 4.69) is 10.4 Å². The molecule has 1 unspecified atom stereocenters. The minimum Gasteiger partial charge on any atom is -0.376 e. The van der Waals surface area contributed by atoms with Crippen molar-refractivity contribution in [2.45, 2.75) is 19.5 Å². The number of carbonyl (C=O) groups excluding carboxylic acids is 1. The number of rotatable bonds is 5. The molecule has 3 N–H and O–H groups in total. The fraction of sp³-hybridized carbons (Fsp3) is 0.231. The number of halogens is 2. The number of primary amides is 1. The lowest BCUT2D eigenvalue weighted by atomic mass is 10.1. The Morgan fingerprint density at radius 2 is 2.25 bits per heavy atom. The molecule has 0 saturated carbocycles. The van der Waals surface area contributed by atoms with Crippen LogP contribution in [0, 0.1) is 0 Å². The number of anilines is 1. The van der Waals surface area contributed by atoms with Gasteiger partial charge in [-0.3, -0.25) is 9.48 Å². The van der Waals surface area contributed by atoms with Gasteiger partial charge in [0.1, 0.15) is 6.54 Å². The molecule has 0 saturated heterocycles. The van der Waals surface area contributed by atoms with E-state index in [0.717, 1.165) is 11.3 Å². The highest BCUT2D eigenvalue weighted by atomic mass is 35.5. The van der Waals surface area contributed by atoms with Gasteiger partial charge in [-0.05, 0) is 30.7 Å². The predicted octanol–water partition coefficient (Wildman–Crippen LogP) is 2.85. The Hall–Kier alpha value is -1.72. The van der Waals surface area contributed by atoms with Crippen LogP contribution in [0.2, 0.25) is 10.0 Å². The van der Waals surface area contributed by atoms with E-state index in [1.807, 2.05) is 13.0 Å². The quantitative estimate of drug-likeness (QED) is 0.891. The number of amides is 1. The first-order valence-electron chi connectivity index (χ1n) is 5.98. The summed E-state index contributed by atoms with van der Waals surface area (Å²) in [6.45, 7) is 2.01. The predicted molar refractivity (Wildman–Crippen MR) is 79.9 cm³/mol. The summed E-state index contributed by atoms with van der Waals surface area (Å²) in [7, 11) is 0. The van der Waals surface area contributed by atoms with Crippen LogP contribution in [0.3, 0.4) is 0 Å². The van der Waals surface area contributed by atoms with Crippen LogP contribution in [0.5, 0.6) is 0 Å². The molecule has 5 nitrogen and oxygen atoms in total. The minimum absolute atomic E-state index is 0.0487. The maximum atomic E-state index is 10.8. The molecule has 1 atom stereocenters. The van der Waals surface area contributed by atoms with Crippen molar-refractivity contribution in [1.82, 2.24) is 9.78 Å². The Morgan fingerprint density at radius 1 is 1.50 bits per heavy atom. The molecule has 0 aliphatic rings. The lowest BCUT2D eigenvalue weighted by Gasteiger charge is -2.15. The highest BCUT2D eigenvalue weighted by Gasteiger charge is 2.11. The van der Waals surface area contributed by atoms with Gasteiger partial charge in [0.05, 0.1) is 17.9 Å². The minimum atomic E-state index is -0.439. The third-order valence-corrected chi connectivity index (χ3v) is 3.34. The van der Waals surface area contributed by atoms with E-state index in [4.69, 9.17) is 28.9 Å². The van der Waals surface area contributed by atoms with Crippen molar-refractivity contribution in [1.29, 1.82) is 0 Å². The first-order valence-corrected chi connectivity index (χ1v) is 6.73. The summed E-state index contributed by atoms with van der Waals surface area (Å²) in [6, 6.07) is 5.27. The summed E-state index contributed by atoms with van der Waals surface area (Å²) in [4.78, 5) is 10.8. The van der Waals surface area contributed by atoms with Crippen molar-refractivity contribution in [2.24, 2.45) is 5.73 Å². The number of hydrogen-bond acceptors (Lipinski definition) is 3. The van der Waals surface area contributed by atoms with Crippen molar-refractivity contribution < 1.29 is 4.79 Å². The van der Waals surface area contributed by atoms with Crippen LogP contribution >= 0.6 is 23.2 Å². The smallest absolute Gasteiger partial charge is 0.239 e. The average Bonchev–Trinajstić information content (AvgIpc) is 2.78. The summed E-state index contributed by atoms with van der Waals surface area (Å²) >= 11 is 12.1. The number of aromatic nitrogens is 2. The van der Waals surface area contributed by atoms with Gasteiger partial charge in [-0.2, -0.15) is 5.10 Å². The molecule has 0 aliphatic heterocycles. The molecule has 2 rings (SSSR count). The van der Waals surface area contributed by atoms with E-state index in [0.29, 0.717) is 10.0 Å². The SMILES string of the molecule is CC(Nc1cnn(CC(N)=O)c1)c1cc(Cl)ccc1Cl. The second-order valence-electron chi connectivity index (χ2n) is 4.42. The van der Waals surface area contributed by atoms with E-state index < -0.39 is 5.91 Å². The Kier molecular flexibility index (Phi) is 4.52. The molecule has 0 spiro atoms. The van der Waals surface area contributed by atoms with E-state index >= 15 is 0 Å². The summed E-state index contributed by atoms with van der Waals surface area (Å²) in [5, 5.41) is 8.54. The van der Waals surface area contributed by atoms with Gasteiger partial charge < -0.3 is 11.1 Å². The zero-order valence-electron chi connectivity index (χ0n) is 10.8. The number of nitrogens with one attached hydrogen (secondary N) is 1. The van der Waals surface area contributed by atoms with Crippen molar-refractivity contribution in [3.8, 4) is 0 Å². The number of nitrogens with zero attached hydrogens (tertiary/aromatic N) is 2. The first kappa shape index (κ1) is 14.7. The van der Waals surface area contributed by atoms with E-state index in [9.17, 15) is 4.79 Å². The number of benzene rings is 1. The fourth-order valence-corrected chi connectivity index (χ4v) is 2.32. The summed E-state index contributed by atoms with van der Waals surface area (Å²) in [5.74, 6) is -0.439. The van der Waals surface area contributed by atoms with Crippen molar-refractivity contribution in [3.63, 3.8) is 0 Å². The molecule has 2 aromatic rings. The lowest BCUT2D eigenvalue weighted by molar-refractivity contribution is -0.118. The van der Waals surface area contributed by atoms with Crippen LogP contribution in [-0.2, 0) is 11.3 Å². The Balaban J connectivity index is 2.11. The number of carbonyl (C=O) groups is 1. The summed E-state index contributed by atoms with van der Waals surface area (Å²) < 4.78 is 1.47. The van der Waals surface area contributed by atoms with Gasteiger partial charge in [0, 0.05) is 16.2 Å². The van der Waals surface area contributed by atoms with Gasteiger partial charge in [-0.15, -0.1) is 0 Å². The second kappa shape index (κ2) is 6.15. The molecule has 0 radical (unpaired) electrons. The molecule has 1 heterocycles. The summed E-state index contributed by atoms with van der Waals surface area (Å²) in [6.07, 6.45) is 3.33. The van der Waals surface area contributed by atoms with E-state index in [1.165, 1.54) is 4.68 Å². The molecular weight excluding hydrogens is 299 g/mol. The Labute approximate surface area is 126 Å². The monoisotopic (exact) mass is 312 g/mol. The van der Waals surface area contributed by atoms with Gasteiger partial charge >= 0.3 is 0 Å². The van der Waals surface area contributed by atoms with Crippen LogP contribution in [0.1, 0.15) is 18.5 Å². The topological polar surface area (TPSA) is 72.9 Å². The van der Waals surface area contributed by atoms with E-state index in [-0.39, 0.29) is 12.6 Å². The van der Waals surface area contributed by atoms with Crippen molar-refractivity contribution in [3.05, 3.63) is 46.2 Å². The van der Waals surface area contributed by atoms with Gasteiger partial charge in [0.15, 0.2) is 0 Å². The highest BCUT2D eigenvalue weighted by molar-refractivity contribution is 6.33. The van der Waals surface area contributed by atoms with Crippen LogP contribution in [-0.4, -0.2) is 15.7 Å². The van der Waals surface area contributed by atoms with Crippen molar-refractivity contribution >= 4 is 34.8 Å². The molecule has 20 heavy (non-hydrogen) atoms. The number of hydrogen-bond donors (Lipinski definition) is 2. The van der Waals surface area contributed by atoms with Gasteiger partial charge in [-0.25, -0.2) is 0 Å². The van der Waals surface area contributed by atoms with Gasteiger partial charge in [-0.1, -0.05) is 23.2 Å². The number of nitrogens with two attached hydrogens (primary N) is 1. The van der Waals surface area contributed by atoms with Crippen LogP contribution < -0.4 is 11.1 Å². The average molecular weight is 313 g/mol. The third kappa shape index (κ3) is 3.65. The molecule has 0 fully saturated rings. The lowest BCUT2D eigenvalue weighted by Crippen LogP contribution is -2.18. The molecule has 1 aromatic carbocycles. The summed E-state index contributed by atoms with van der Waals surface area (Å²) in [5.41, 5.74) is 6.77. The molecule has 0 aliphatic carbocycles. The Bertz CT molecular complexity index is 627. The maximum Gasteiger partial charge on any atom is 0.239 e. The zero-order valence-corrected chi connectivity index (χ0v) is 12.3. The molecule has 1 aromatic heterocycles. The highest BCUT2D eigenvalue weighted by Crippen LogP contribution is 2.28. The largest absolute Gasteiger partial charge is 0.376 e. The van der Waals surface area contributed by atoms with Crippen molar-refractivity contribution in [2.75, 3.05) is 5.32 Å². The molecule has 106 valence electrons. The van der Waals surface area contributed by atoms with E-state index in [1.54, 1.807) is 24.5 Å². The maximum absolute atomic E-state index is 10.8. The third-order valence-electron chi connectivity index (χ3n) is 2.76. The molecular formula is C13H14Cl2N4O. The zero-order chi connectivity index (χ0) is 14.7. The fourth-order valence-electron chi connectivity index (χ4n) is 1.86. The second-order valence-corrected chi connectivity index (χ2v) is 5.27. The Morgan fingerprint density at radius 3 is 2.95 bits per heavy atom. The van der Waals surface area contributed by atoms with Gasteiger partial charge in [0.2, 0.25) is 5.91 Å². The molecule has 7 heteroatoms. The normalized spacial score (nSPS) is 12.2.